The molecular weight excluding hydrogens is 350 g/mol. The minimum atomic E-state index is -0.0968. The molecule has 0 aliphatic heterocycles. The van der Waals surface area contributed by atoms with Crippen molar-refractivity contribution in [3.63, 3.8) is 0 Å². The molecule has 1 heterocycles. The number of Topliss-reactive ketones (excluding diaryl/α,β-unsaturated/α-hetero) is 1. The van der Waals surface area contributed by atoms with Crippen LogP contribution in [0.5, 0.6) is 0 Å². The van der Waals surface area contributed by atoms with Crippen LogP contribution in [-0.2, 0) is 0 Å². The second kappa shape index (κ2) is 9.13. The highest BCUT2D eigenvalue weighted by Crippen LogP contribution is 2.22. The molecule has 3 aromatic rings. The zero-order valence-electron chi connectivity index (χ0n) is 16.3. The van der Waals surface area contributed by atoms with E-state index < -0.39 is 0 Å². The van der Waals surface area contributed by atoms with Crippen LogP contribution in [0, 0.1) is 0 Å². The summed E-state index contributed by atoms with van der Waals surface area (Å²) in [5, 5.41) is 2.98. The predicted molar refractivity (Wildman–Crippen MR) is 110 cm³/mol. The van der Waals surface area contributed by atoms with Gasteiger partial charge in [0.2, 0.25) is 0 Å². The number of hydrogen-bond donors (Lipinski definition) is 1. The molecular formula is C23H25N3O2. The molecule has 0 bridgehead atoms. The van der Waals surface area contributed by atoms with E-state index in [0.717, 1.165) is 17.5 Å². The Hall–Kier alpha value is -3.21. The summed E-state index contributed by atoms with van der Waals surface area (Å²) >= 11 is 0. The predicted octanol–water partition coefficient (Wildman–Crippen LogP) is 4.52. The number of rotatable bonds is 8. The van der Waals surface area contributed by atoms with Crippen LogP contribution in [0.15, 0.2) is 67.3 Å². The quantitative estimate of drug-likeness (QED) is 0.589. The lowest BCUT2D eigenvalue weighted by atomic mass is 9.99. The molecule has 3 rings (SSSR count). The normalized spacial score (nSPS) is 11.8. The average Bonchev–Trinajstić information content (AvgIpc) is 3.28. The number of nitrogens with zero attached hydrogens (tertiary/aromatic N) is 2. The molecule has 0 fully saturated rings. The molecule has 0 aliphatic carbocycles. The molecule has 1 atom stereocenters. The third-order valence-corrected chi connectivity index (χ3v) is 4.85. The van der Waals surface area contributed by atoms with E-state index in [9.17, 15) is 9.59 Å². The molecule has 0 radical (unpaired) electrons. The molecule has 0 saturated carbocycles. The van der Waals surface area contributed by atoms with E-state index in [-0.39, 0.29) is 17.7 Å². The van der Waals surface area contributed by atoms with Gasteiger partial charge >= 0.3 is 0 Å². The monoisotopic (exact) mass is 375 g/mol. The van der Waals surface area contributed by atoms with Crippen molar-refractivity contribution in [2.24, 2.45) is 0 Å². The van der Waals surface area contributed by atoms with Crippen molar-refractivity contribution in [3.05, 3.63) is 78.4 Å². The fourth-order valence-corrected chi connectivity index (χ4v) is 3.09. The maximum absolute atomic E-state index is 12.5. The summed E-state index contributed by atoms with van der Waals surface area (Å²) in [5.41, 5.74) is 3.16. The van der Waals surface area contributed by atoms with Gasteiger partial charge in [-0.15, -0.1) is 0 Å². The van der Waals surface area contributed by atoms with E-state index in [1.807, 2.05) is 60.2 Å². The van der Waals surface area contributed by atoms with Crippen LogP contribution >= 0.6 is 0 Å². The summed E-state index contributed by atoms with van der Waals surface area (Å²) in [7, 11) is 0. The lowest BCUT2D eigenvalue weighted by molar-refractivity contribution is 0.0950. The largest absolute Gasteiger partial charge is 0.352 e. The van der Waals surface area contributed by atoms with Crippen LogP contribution in [0.25, 0.3) is 11.1 Å². The Morgan fingerprint density at radius 2 is 1.75 bits per heavy atom. The third-order valence-electron chi connectivity index (χ3n) is 4.85. The van der Waals surface area contributed by atoms with Crippen molar-refractivity contribution in [2.45, 2.75) is 32.7 Å². The van der Waals surface area contributed by atoms with E-state index in [4.69, 9.17) is 0 Å². The second-order valence-electron chi connectivity index (χ2n) is 6.84. The molecule has 1 aromatic heterocycles. The Labute approximate surface area is 165 Å². The summed E-state index contributed by atoms with van der Waals surface area (Å²) in [4.78, 5) is 28.5. The minimum absolute atomic E-state index is 0.0968. The van der Waals surface area contributed by atoms with Crippen LogP contribution in [-0.4, -0.2) is 27.8 Å². The van der Waals surface area contributed by atoms with Crippen molar-refractivity contribution in [1.82, 2.24) is 14.9 Å². The third kappa shape index (κ3) is 4.74. The molecule has 0 saturated heterocycles. The number of amides is 1. The number of ketones is 1. The van der Waals surface area contributed by atoms with Gasteiger partial charge in [0.05, 0.1) is 6.33 Å². The van der Waals surface area contributed by atoms with Crippen molar-refractivity contribution in [3.8, 4) is 11.1 Å². The first-order valence-electron chi connectivity index (χ1n) is 9.58. The van der Waals surface area contributed by atoms with Gasteiger partial charge in [-0.1, -0.05) is 37.3 Å². The molecule has 1 amide bonds. The van der Waals surface area contributed by atoms with Gasteiger partial charge in [-0.25, -0.2) is 4.98 Å². The van der Waals surface area contributed by atoms with Crippen LogP contribution in [0.3, 0.4) is 0 Å². The Kier molecular flexibility index (Phi) is 6.37. The van der Waals surface area contributed by atoms with Gasteiger partial charge in [0.1, 0.15) is 0 Å². The summed E-state index contributed by atoms with van der Waals surface area (Å²) < 4.78 is 2.03. The maximum Gasteiger partial charge on any atom is 0.251 e. The Morgan fingerprint density at radius 3 is 2.39 bits per heavy atom. The zero-order valence-corrected chi connectivity index (χ0v) is 16.3. The van der Waals surface area contributed by atoms with Gasteiger partial charge in [0.25, 0.3) is 5.91 Å². The van der Waals surface area contributed by atoms with Gasteiger partial charge in [0.15, 0.2) is 5.78 Å². The fraction of sp³-hybridized carbons (Fsp3) is 0.261. The molecule has 5 nitrogen and oxygen atoms in total. The molecule has 0 aliphatic rings. The van der Waals surface area contributed by atoms with Crippen LogP contribution in [0.4, 0.5) is 0 Å². The molecule has 2 aromatic carbocycles. The summed E-state index contributed by atoms with van der Waals surface area (Å²) in [6, 6.07) is 15.3. The lowest BCUT2D eigenvalue weighted by Gasteiger charge is -2.13. The highest BCUT2D eigenvalue weighted by molar-refractivity contribution is 5.98. The van der Waals surface area contributed by atoms with Crippen LogP contribution in [0.1, 0.15) is 53.4 Å². The van der Waals surface area contributed by atoms with Gasteiger partial charge in [-0.05, 0) is 42.7 Å². The Morgan fingerprint density at radius 1 is 1.07 bits per heavy atom. The number of hydrogen-bond acceptors (Lipinski definition) is 3. The first-order chi connectivity index (χ1) is 13.6. The SMILES string of the molecule is CCC(=O)c1cccc(-c2cccc(C(=O)NCCC(C)n3ccnc3)c2)c1. The Balaban J connectivity index is 1.66. The van der Waals surface area contributed by atoms with Crippen LogP contribution < -0.4 is 5.32 Å². The number of aromatic nitrogens is 2. The van der Waals surface area contributed by atoms with E-state index in [0.29, 0.717) is 24.1 Å². The highest BCUT2D eigenvalue weighted by atomic mass is 16.1. The molecule has 5 heteroatoms. The molecule has 1 unspecified atom stereocenters. The highest BCUT2D eigenvalue weighted by Gasteiger charge is 2.10. The first kappa shape index (κ1) is 19.5. The topological polar surface area (TPSA) is 64.0 Å². The summed E-state index contributed by atoms with van der Waals surface area (Å²) in [6.07, 6.45) is 6.76. The average molecular weight is 375 g/mol. The van der Waals surface area contributed by atoms with E-state index in [2.05, 4.69) is 17.2 Å². The zero-order chi connectivity index (χ0) is 19.9. The maximum atomic E-state index is 12.5. The summed E-state index contributed by atoms with van der Waals surface area (Å²) in [5.74, 6) is 0.0169. The van der Waals surface area contributed by atoms with E-state index >= 15 is 0 Å². The van der Waals surface area contributed by atoms with Gasteiger partial charge in [-0.3, -0.25) is 9.59 Å². The van der Waals surface area contributed by atoms with Crippen molar-refractivity contribution in [2.75, 3.05) is 6.54 Å². The molecule has 144 valence electrons. The number of carbonyl (C=O) groups excluding carboxylic acids is 2. The van der Waals surface area contributed by atoms with E-state index in [1.165, 1.54) is 0 Å². The Bertz CT molecular complexity index is 948. The minimum Gasteiger partial charge on any atom is -0.352 e. The molecule has 28 heavy (non-hydrogen) atoms. The smallest absolute Gasteiger partial charge is 0.251 e. The van der Waals surface area contributed by atoms with Crippen molar-refractivity contribution >= 4 is 11.7 Å². The summed E-state index contributed by atoms with van der Waals surface area (Å²) in [6.45, 7) is 4.54. The van der Waals surface area contributed by atoms with Gasteiger partial charge < -0.3 is 9.88 Å². The number of benzene rings is 2. The molecule has 1 N–H and O–H groups in total. The second-order valence-corrected chi connectivity index (χ2v) is 6.84. The van der Waals surface area contributed by atoms with Crippen molar-refractivity contribution in [1.29, 1.82) is 0 Å². The standard InChI is InChI=1S/C23H25N3O2/c1-3-22(27)20-8-4-6-18(14-20)19-7-5-9-21(15-19)23(28)25-11-10-17(2)26-13-12-24-16-26/h4-9,12-17H,3,10-11H2,1-2H3,(H,25,28). The number of imidazole rings is 1. The number of nitrogens with one attached hydrogen (secondary N) is 1. The first-order valence-corrected chi connectivity index (χ1v) is 9.58. The van der Waals surface area contributed by atoms with Gasteiger partial charge in [0, 0.05) is 42.5 Å². The molecule has 0 spiro atoms. The van der Waals surface area contributed by atoms with Crippen molar-refractivity contribution < 1.29 is 9.59 Å². The van der Waals surface area contributed by atoms with Crippen LogP contribution in [0.2, 0.25) is 0 Å². The lowest BCUT2D eigenvalue weighted by Crippen LogP contribution is -2.26. The van der Waals surface area contributed by atoms with Gasteiger partial charge in [-0.2, -0.15) is 0 Å². The van der Waals surface area contributed by atoms with E-state index in [1.54, 1.807) is 18.6 Å². The fourth-order valence-electron chi connectivity index (χ4n) is 3.09. The number of carbonyl (C=O) groups is 2.